The lowest BCUT2D eigenvalue weighted by Crippen LogP contribution is -2.06. The monoisotopic (exact) mass is 314 g/mol. The van der Waals surface area contributed by atoms with Gasteiger partial charge >= 0.3 is 0 Å². The van der Waals surface area contributed by atoms with E-state index in [-0.39, 0.29) is 22.9 Å². The Morgan fingerprint density at radius 3 is 2.62 bits per heavy atom. The molecule has 0 fully saturated rings. The van der Waals surface area contributed by atoms with E-state index in [1.165, 1.54) is 18.2 Å². The Balaban J connectivity index is 2.36. The summed E-state index contributed by atoms with van der Waals surface area (Å²) in [5.74, 6) is -2.74. The van der Waals surface area contributed by atoms with Gasteiger partial charge in [0.25, 0.3) is 5.69 Å². The smallest absolute Gasteiger partial charge is 0.295 e. The Hall–Kier alpha value is -2.41. The van der Waals surface area contributed by atoms with Crippen LogP contribution in [-0.4, -0.2) is 10.0 Å². The van der Waals surface area contributed by atoms with Gasteiger partial charge in [-0.15, -0.1) is 0 Å². The Bertz CT molecular complexity index is 690. The van der Waals surface area contributed by atoms with Crippen molar-refractivity contribution in [2.45, 2.75) is 6.54 Å². The predicted octanol–water partition coefficient (Wildman–Crippen LogP) is 3.84. The number of benzene rings is 2. The molecule has 110 valence electrons. The number of nitrogens with zero attached hydrogens (tertiary/aromatic N) is 1. The Morgan fingerprint density at radius 2 is 2.00 bits per heavy atom. The van der Waals surface area contributed by atoms with E-state index in [0.29, 0.717) is 6.07 Å². The molecular weight excluding hydrogens is 306 g/mol. The normalized spacial score (nSPS) is 10.4. The fourth-order valence-electron chi connectivity index (χ4n) is 1.76. The van der Waals surface area contributed by atoms with Crippen LogP contribution in [0.25, 0.3) is 0 Å². The van der Waals surface area contributed by atoms with Crippen molar-refractivity contribution in [1.29, 1.82) is 0 Å². The van der Waals surface area contributed by atoms with Crippen LogP contribution < -0.4 is 5.32 Å². The van der Waals surface area contributed by atoms with E-state index in [9.17, 15) is 24.0 Å². The molecule has 0 aliphatic heterocycles. The molecule has 0 bridgehead atoms. The van der Waals surface area contributed by atoms with Gasteiger partial charge in [0.05, 0.1) is 4.92 Å². The van der Waals surface area contributed by atoms with Gasteiger partial charge in [-0.2, -0.15) is 0 Å². The minimum Gasteiger partial charge on any atom is -0.508 e. The molecule has 0 heterocycles. The molecule has 2 N–H and O–H groups in total. The van der Waals surface area contributed by atoms with Gasteiger partial charge < -0.3 is 10.4 Å². The van der Waals surface area contributed by atoms with Crippen LogP contribution in [0.1, 0.15) is 5.56 Å². The molecule has 0 unspecified atom stereocenters. The van der Waals surface area contributed by atoms with Gasteiger partial charge in [0, 0.05) is 23.2 Å². The number of halogens is 3. The van der Waals surface area contributed by atoms with E-state index in [1.54, 1.807) is 0 Å². The highest BCUT2D eigenvalue weighted by atomic mass is 35.5. The number of nitro groups is 1. The second-order valence-electron chi connectivity index (χ2n) is 4.10. The van der Waals surface area contributed by atoms with Crippen molar-refractivity contribution in [2.75, 3.05) is 5.32 Å². The first-order valence-corrected chi connectivity index (χ1v) is 6.12. The third-order valence-electron chi connectivity index (χ3n) is 2.81. The first-order valence-electron chi connectivity index (χ1n) is 5.74. The van der Waals surface area contributed by atoms with Crippen molar-refractivity contribution in [3.8, 4) is 5.75 Å². The van der Waals surface area contributed by atoms with Gasteiger partial charge in [0.2, 0.25) is 0 Å². The molecule has 0 radical (unpaired) electrons. The second-order valence-corrected chi connectivity index (χ2v) is 4.51. The summed E-state index contributed by atoms with van der Waals surface area (Å²) in [5.41, 5.74) is -0.989. The van der Waals surface area contributed by atoms with Crippen molar-refractivity contribution in [2.24, 2.45) is 0 Å². The van der Waals surface area contributed by atoms with Gasteiger partial charge in [0.1, 0.15) is 5.75 Å². The third-order valence-corrected chi connectivity index (χ3v) is 3.16. The van der Waals surface area contributed by atoms with E-state index >= 15 is 0 Å². The second kappa shape index (κ2) is 5.92. The summed E-state index contributed by atoms with van der Waals surface area (Å²) in [7, 11) is 0. The highest BCUT2D eigenvalue weighted by Crippen LogP contribution is 2.31. The Labute approximate surface area is 122 Å². The molecule has 0 saturated carbocycles. The number of hydrogen-bond donors (Lipinski definition) is 2. The number of nitro benzene ring substituents is 1. The summed E-state index contributed by atoms with van der Waals surface area (Å²) in [5, 5.41) is 23.1. The SMILES string of the molecule is O=[N+]([O-])c1ccc(F)c(F)c1NCc1c(O)cccc1Cl. The molecular formula is C13H9ClF2N2O3. The lowest BCUT2D eigenvalue weighted by atomic mass is 10.2. The number of nitrogens with one attached hydrogen (secondary N) is 1. The summed E-state index contributed by atoms with van der Waals surface area (Å²) < 4.78 is 26.9. The lowest BCUT2D eigenvalue weighted by molar-refractivity contribution is -0.384. The van der Waals surface area contributed by atoms with Crippen LogP contribution in [-0.2, 0) is 6.54 Å². The van der Waals surface area contributed by atoms with E-state index < -0.39 is 27.9 Å². The molecule has 0 atom stereocenters. The first-order chi connectivity index (χ1) is 9.91. The van der Waals surface area contributed by atoms with Crippen LogP contribution in [0.4, 0.5) is 20.2 Å². The summed E-state index contributed by atoms with van der Waals surface area (Å²) in [6.07, 6.45) is 0. The van der Waals surface area contributed by atoms with Crippen LogP contribution >= 0.6 is 11.6 Å². The molecule has 0 aliphatic carbocycles. The van der Waals surface area contributed by atoms with Crippen molar-refractivity contribution < 1.29 is 18.8 Å². The number of hydrogen-bond acceptors (Lipinski definition) is 4. The Morgan fingerprint density at radius 1 is 1.29 bits per heavy atom. The van der Waals surface area contributed by atoms with Crippen LogP contribution in [0, 0.1) is 21.7 Å². The Kier molecular flexibility index (Phi) is 4.23. The van der Waals surface area contributed by atoms with Crippen LogP contribution in [0.15, 0.2) is 30.3 Å². The highest BCUT2D eigenvalue weighted by Gasteiger charge is 2.21. The minimum atomic E-state index is -1.37. The predicted molar refractivity (Wildman–Crippen MR) is 73.5 cm³/mol. The van der Waals surface area contributed by atoms with Crippen LogP contribution in [0.2, 0.25) is 5.02 Å². The van der Waals surface area contributed by atoms with Crippen LogP contribution in [0.5, 0.6) is 5.75 Å². The fraction of sp³-hybridized carbons (Fsp3) is 0.0769. The lowest BCUT2D eigenvalue weighted by Gasteiger charge is -2.11. The minimum absolute atomic E-state index is 0.158. The number of rotatable bonds is 4. The van der Waals surface area contributed by atoms with Crippen molar-refractivity contribution in [3.05, 3.63) is 62.7 Å². The molecule has 0 amide bonds. The summed E-state index contributed by atoms with van der Waals surface area (Å²) in [6, 6.07) is 5.89. The maximum absolute atomic E-state index is 13.7. The molecule has 0 aliphatic rings. The van der Waals surface area contributed by atoms with Gasteiger partial charge in [-0.25, -0.2) is 8.78 Å². The quantitative estimate of drug-likeness (QED) is 0.664. The largest absolute Gasteiger partial charge is 0.508 e. The molecule has 21 heavy (non-hydrogen) atoms. The van der Waals surface area contributed by atoms with Crippen molar-refractivity contribution in [1.82, 2.24) is 0 Å². The average Bonchev–Trinajstić information content (AvgIpc) is 2.42. The van der Waals surface area contributed by atoms with Gasteiger partial charge in [-0.3, -0.25) is 10.1 Å². The van der Waals surface area contributed by atoms with Gasteiger partial charge in [-0.1, -0.05) is 17.7 Å². The number of phenols is 1. The number of aromatic hydroxyl groups is 1. The third kappa shape index (κ3) is 3.03. The topological polar surface area (TPSA) is 75.4 Å². The molecule has 2 aromatic carbocycles. The first kappa shape index (κ1) is 15.0. The highest BCUT2D eigenvalue weighted by molar-refractivity contribution is 6.31. The molecule has 2 aromatic rings. The molecule has 0 saturated heterocycles. The summed E-state index contributed by atoms with van der Waals surface area (Å²) in [6.45, 7) is -0.202. The summed E-state index contributed by atoms with van der Waals surface area (Å²) in [4.78, 5) is 10.00. The molecule has 2 rings (SSSR count). The average molecular weight is 315 g/mol. The maximum atomic E-state index is 13.7. The van der Waals surface area contributed by atoms with Crippen molar-refractivity contribution >= 4 is 23.0 Å². The van der Waals surface area contributed by atoms with Gasteiger partial charge in [0.15, 0.2) is 17.3 Å². The van der Waals surface area contributed by atoms with Gasteiger partial charge in [-0.05, 0) is 18.2 Å². The summed E-state index contributed by atoms with van der Waals surface area (Å²) >= 11 is 5.87. The molecule has 0 spiro atoms. The number of phenolic OH excluding ortho intramolecular Hbond substituents is 1. The zero-order valence-electron chi connectivity index (χ0n) is 10.4. The maximum Gasteiger partial charge on any atom is 0.295 e. The molecule has 8 heteroatoms. The van der Waals surface area contributed by atoms with E-state index in [1.807, 2.05) is 0 Å². The van der Waals surface area contributed by atoms with E-state index in [2.05, 4.69) is 5.32 Å². The molecule has 0 aromatic heterocycles. The standard InChI is InChI=1S/C13H9ClF2N2O3/c14-8-2-1-3-11(19)7(8)6-17-13-10(18(20)21)5-4-9(15)12(13)16/h1-5,17,19H,6H2. The fourth-order valence-corrected chi connectivity index (χ4v) is 2.00. The zero-order valence-corrected chi connectivity index (χ0v) is 11.2. The van der Waals surface area contributed by atoms with Crippen molar-refractivity contribution in [3.63, 3.8) is 0 Å². The van der Waals surface area contributed by atoms with E-state index in [4.69, 9.17) is 11.6 Å². The molecule has 5 nitrogen and oxygen atoms in total. The zero-order chi connectivity index (χ0) is 15.6. The number of anilines is 1. The van der Waals surface area contributed by atoms with Crippen LogP contribution in [0.3, 0.4) is 0 Å². The van der Waals surface area contributed by atoms with E-state index in [0.717, 1.165) is 6.07 Å².